The highest BCUT2D eigenvalue weighted by molar-refractivity contribution is 7.98. The topological polar surface area (TPSA) is 77.8 Å². The number of anilines is 1. The highest BCUT2D eigenvalue weighted by Gasteiger charge is 2.11. The lowest BCUT2D eigenvalue weighted by Crippen LogP contribution is -2.00. The fourth-order valence-corrected chi connectivity index (χ4v) is 2.21. The Hall–Kier alpha value is -2.08. The molecule has 0 atom stereocenters. The van der Waals surface area contributed by atoms with Crippen LogP contribution in [0.2, 0.25) is 0 Å². The fourth-order valence-electron chi connectivity index (χ4n) is 1.85. The normalized spacial score (nSPS) is 11.1. The van der Waals surface area contributed by atoms with Crippen molar-refractivity contribution in [2.24, 2.45) is 0 Å². The van der Waals surface area contributed by atoms with Crippen molar-refractivity contribution in [3.8, 4) is 11.6 Å². The zero-order valence-corrected chi connectivity index (χ0v) is 11.4. The predicted octanol–water partition coefficient (Wildman–Crippen LogP) is 2.90. The van der Waals surface area contributed by atoms with E-state index in [1.807, 2.05) is 31.4 Å². The average Bonchev–Trinajstić information content (AvgIpc) is 2.80. The van der Waals surface area contributed by atoms with Crippen molar-refractivity contribution < 1.29 is 4.42 Å². The fraction of sp³-hybridized carbons (Fsp3) is 0.154. The molecule has 19 heavy (non-hydrogen) atoms. The van der Waals surface area contributed by atoms with Crippen LogP contribution < -0.4 is 5.73 Å². The quantitative estimate of drug-likeness (QED) is 0.723. The highest BCUT2D eigenvalue weighted by atomic mass is 32.2. The third-order valence-electron chi connectivity index (χ3n) is 2.71. The van der Waals surface area contributed by atoms with Gasteiger partial charge in [0.25, 0.3) is 0 Å². The van der Waals surface area contributed by atoms with Gasteiger partial charge >= 0.3 is 0 Å². The summed E-state index contributed by atoms with van der Waals surface area (Å²) in [7, 11) is 0. The number of hydrogen-bond acceptors (Lipinski definition) is 6. The summed E-state index contributed by atoms with van der Waals surface area (Å²) >= 11 is 1.42. The summed E-state index contributed by atoms with van der Waals surface area (Å²) < 4.78 is 5.75. The van der Waals surface area contributed by atoms with Gasteiger partial charge in [-0.1, -0.05) is 23.4 Å². The standard InChI is InChI=1S/C13H12N4OS/c1-7-3-4-9-8(5-7)6-10(18-9)11-15-12(14)17-13(16-11)19-2/h3-6H,1-2H3,(H2,14,15,16,17). The molecule has 2 N–H and O–H groups in total. The van der Waals surface area contributed by atoms with Gasteiger partial charge in [-0.15, -0.1) is 0 Å². The maximum absolute atomic E-state index is 5.75. The molecule has 0 spiro atoms. The number of aryl methyl sites for hydroxylation is 1. The number of nitrogens with zero attached hydrogens (tertiary/aromatic N) is 3. The van der Waals surface area contributed by atoms with Crippen LogP contribution in [0.25, 0.3) is 22.6 Å². The molecule has 2 aromatic heterocycles. The molecule has 0 bridgehead atoms. The zero-order valence-electron chi connectivity index (χ0n) is 10.5. The molecule has 0 saturated carbocycles. The smallest absolute Gasteiger partial charge is 0.224 e. The van der Waals surface area contributed by atoms with Crippen LogP contribution in [0.15, 0.2) is 33.8 Å². The lowest BCUT2D eigenvalue weighted by atomic mass is 10.2. The van der Waals surface area contributed by atoms with Crippen molar-refractivity contribution in [3.05, 3.63) is 29.8 Å². The van der Waals surface area contributed by atoms with Gasteiger partial charge in [-0.05, 0) is 31.4 Å². The van der Waals surface area contributed by atoms with Gasteiger partial charge in [0.15, 0.2) is 10.9 Å². The zero-order chi connectivity index (χ0) is 13.4. The van der Waals surface area contributed by atoms with Crippen LogP contribution in [0, 0.1) is 6.92 Å². The number of thioether (sulfide) groups is 1. The van der Waals surface area contributed by atoms with Crippen LogP contribution in [0.5, 0.6) is 0 Å². The number of rotatable bonds is 2. The summed E-state index contributed by atoms with van der Waals surface area (Å²) in [5, 5.41) is 1.61. The molecule has 5 nitrogen and oxygen atoms in total. The second-order valence-corrected chi connectivity index (χ2v) is 4.93. The predicted molar refractivity (Wildman–Crippen MR) is 76.0 cm³/mol. The van der Waals surface area contributed by atoms with E-state index < -0.39 is 0 Å². The first kappa shape index (κ1) is 12.0. The van der Waals surface area contributed by atoms with E-state index in [-0.39, 0.29) is 5.95 Å². The Labute approximate surface area is 114 Å². The Balaban J connectivity index is 2.15. The first-order valence-electron chi connectivity index (χ1n) is 5.72. The molecule has 1 aromatic carbocycles. The Morgan fingerprint density at radius 1 is 1.16 bits per heavy atom. The largest absolute Gasteiger partial charge is 0.453 e. The van der Waals surface area contributed by atoms with E-state index >= 15 is 0 Å². The van der Waals surface area contributed by atoms with E-state index in [0.29, 0.717) is 16.7 Å². The number of nitrogen functional groups attached to an aromatic ring is 1. The second-order valence-electron chi connectivity index (χ2n) is 4.16. The second kappa shape index (κ2) is 4.55. The molecule has 0 amide bonds. The van der Waals surface area contributed by atoms with Gasteiger partial charge in [0.1, 0.15) is 5.58 Å². The first-order chi connectivity index (χ1) is 9.15. The lowest BCUT2D eigenvalue weighted by molar-refractivity contribution is 0.622. The number of aromatic nitrogens is 3. The first-order valence-corrected chi connectivity index (χ1v) is 6.94. The van der Waals surface area contributed by atoms with Crippen molar-refractivity contribution in [2.75, 3.05) is 12.0 Å². The van der Waals surface area contributed by atoms with Gasteiger partial charge in [-0.3, -0.25) is 0 Å². The molecule has 0 radical (unpaired) electrons. The van der Waals surface area contributed by atoms with Crippen LogP contribution >= 0.6 is 11.8 Å². The third-order valence-corrected chi connectivity index (χ3v) is 3.25. The van der Waals surface area contributed by atoms with Gasteiger partial charge in [-0.25, -0.2) is 0 Å². The summed E-state index contributed by atoms with van der Waals surface area (Å²) in [5.41, 5.74) is 7.66. The van der Waals surface area contributed by atoms with Crippen molar-refractivity contribution in [1.29, 1.82) is 0 Å². The Kier molecular flexibility index (Phi) is 2.87. The van der Waals surface area contributed by atoms with Gasteiger partial charge in [0, 0.05) is 5.39 Å². The number of furan rings is 1. The minimum Gasteiger partial charge on any atom is -0.453 e. The van der Waals surface area contributed by atoms with Gasteiger partial charge in [0.05, 0.1) is 0 Å². The summed E-state index contributed by atoms with van der Waals surface area (Å²) in [4.78, 5) is 12.4. The molecule has 0 saturated heterocycles. The molecule has 0 aliphatic rings. The van der Waals surface area contributed by atoms with Crippen LogP contribution in [0.4, 0.5) is 5.95 Å². The third kappa shape index (κ3) is 2.26. The van der Waals surface area contributed by atoms with E-state index in [9.17, 15) is 0 Å². The maximum atomic E-state index is 5.75. The Morgan fingerprint density at radius 3 is 2.79 bits per heavy atom. The summed E-state index contributed by atoms with van der Waals surface area (Å²) in [6.07, 6.45) is 1.89. The van der Waals surface area contributed by atoms with E-state index in [1.165, 1.54) is 17.3 Å². The minimum atomic E-state index is 0.200. The SMILES string of the molecule is CSc1nc(N)nc(-c2cc3cc(C)ccc3o2)n1. The number of benzene rings is 1. The molecular formula is C13H12N4OS. The summed E-state index contributed by atoms with van der Waals surface area (Å²) in [5.74, 6) is 1.27. The highest BCUT2D eigenvalue weighted by Crippen LogP contribution is 2.27. The van der Waals surface area contributed by atoms with Gasteiger partial charge in [-0.2, -0.15) is 15.0 Å². The van der Waals surface area contributed by atoms with Crippen LogP contribution in [-0.2, 0) is 0 Å². The molecular weight excluding hydrogens is 260 g/mol. The molecule has 6 heteroatoms. The van der Waals surface area contributed by atoms with Crippen molar-refractivity contribution in [1.82, 2.24) is 15.0 Å². The molecule has 0 aliphatic carbocycles. The summed E-state index contributed by atoms with van der Waals surface area (Å²) in [6.45, 7) is 2.04. The van der Waals surface area contributed by atoms with Crippen LogP contribution in [-0.4, -0.2) is 21.2 Å². The molecule has 0 unspecified atom stereocenters. The molecule has 0 aliphatic heterocycles. The average molecular weight is 272 g/mol. The van der Waals surface area contributed by atoms with Gasteiger partial charge in [0.2, 0.25) is 11.8 Å². The molecule has 3 rings (SSSR count). The number of nitrogens with two attached hydrogens (primary N) is 1. The monoisotopic (exact) mass is 272 g/mol. The van der Waals surface area contributed by atoms with Crippen molar-refractivity contribution in [2.45, 2.75) is 12.1 Å². The summed E-state index contributed by atoms with van der Waals surface area (Å²) in [6, 6.07) is 7.92. The maximum Gasteiger partial charge on any atom is 0.224 e. The number of hydrogen-bond donors (Lipinski definition) is 1. The van der Waals surface area contributed by atoms with Gasteiger partial charge < -0.3 is 10.2 Å². The Morgan fingerprint density at radius 2 is 2.00 bits per heavy atom. The molecule has 0 fully saturated rings. The van der Waals surface area contributed by atoms with E-state index in [2.05, 4.69) is 21.0 Å². The molecule has 3 aromatic rings. The number of fused-ring (bicyclic) bond motifs is 1. The van der Waals surface area contributed by atoms with E-state index in [1.54, 1.807) is 0 Å². The lowest BCUT2D eigenvalue weighted by Gasteiger charge is -1.99. The van der Waals surface area contributed by atoms with Crippen molar-refractivity contribution in [3.63, 3.8) is 0 Å². The van der Waals surface area contributed by atoms with Crippen LogP contribution in [0.1, 0.15) is 5.56 Å². The van der Waals surface area contributed by atoms with Crippen molar-refractivity contribution >= 4 is 28.7 Å². The Bertz CT molecular complexity index is 753. The molecule has 2 heterocycles. The van der Waals surface area contributed by atoms with E-state index in [4.69, 9.17) is 10.2 Å². The van der Waals surface area contributed by atoms with E-state index in [0.717, 1.165) is 11.0 Å². The minimum absolute atomic E-state index is 0.200. The molecule has 96 valence electrons. The van der Waals surface area contributed by atoms with Crippen LogP contribution in [0.3, 0.4) is 0 Å².